The Labute approximate surface area is 83.5 Å². The van der Waals surface area contributed by atoms with E-state index in [0.29, 0.717) is 11.6 Å². The lowest BCUT2D eigenvalue weighted by Gasteiger charge is -2.10. The molecule has 2 rings (SSSR count). The second-order valence-corrected chi connectivity index (χ2v) is 3.96. The molecular weight excluding hydrogens is 178 g/mol. The van der Waals surface area contributed by atoms with Crippen LogP contribution in [-0.4, -0.2) is 11.4 Å². The Morgan fingerprint density at radius 3 is 2.64 bits per heavy atom. The van der Waals surface area contributed by atoms with E-state index in [0.717, 1.165) is 11.8 Å². The number of hydrogen-bond acceptors (Lipinski definition) is 3. The quantitative estimate of drug-likeness (QED) is 0.535. The van der Waals surface area contributed by atoms with Gasteiger partial charge in [-0.2, -0.15) is 0 Å². The standard InChI is InChI=1S/C11H15NO2/c13-7-11-10(8-14-12-11)9-5-3-1-2-4-6-9/h7-9H,1-6H2. The van der Waals surface area contributed by atoms with Gasteiger partial charge in [0, 0.05) is 5.56 Å². The highest BCUT2D eigenvalue weighted by molar-refractivity contribution is 5.74. The van der Waals surface area contributed by atoms with Crippen molar-refractivity contribution in [1.82, 2.24) is 5.16 Å². The smallest absolute Gasteiger partial charge is 0.172 e. The van der Waals surface area contributed by atoms with E-state index in [1.54, 1.807) is 6.26 Å². The fourth-order valence-corrected chi connectivity index (χ4v) is 2.24. The van der Waals surface area contributed by atoms with E-state index in [1.165, 1.54) is 38.5 Å². The Hall–Kier alpha value is -1.12. The van der Waals surface area contributed by atoms with Gasteiger partial charge in [0.15, 0.2) is 6.29 Å². The van der Waals surface area contributed by atoms with Crippen molar-refractivity contribution in [3.05, 3.63) is 17.5 Å². The number of carbonyl (C=O) groups is 1. The van der Waals surface area contributed by atoms with Crippen molar-refractivity contribution in [3.8, 4) is 0 Å². The van der Waals surface area contributed by atoms with E-state index in [2.05, 4.69) is 5.16 Å². The first-order valence-electron chi connectivity index (χ1n) is 5.31. The molecule has 0 saturated heterocycles. The van der Waals surface area contributed by atoms with Gasteiger partial charge in [-0.1, -0.05) is 30.8 Å². The summed E-state index contributed by atoms with van der Waals surface area (Å²) >= 11 is 0. The third kappa shape index (κ3) is 1.86. The number of nitrogens with zero attached hydrogens (tertiary/aromatic N) is 1. The van der Waals surface area contributed by atoms with Crippen LogP contribution in [0, 0.1) is 0 Å². The van der Waals surface area contributed by atoms with Gasteiger partial charge in [0.05, 0.1) is 0 Å². The van der Waals surface area contributed by atoms with Crippen LogP contribution in [0.25, 0.3) is 0 Å². The molecule has 1 fully saturated rings. The van der Waals surface area contributed by atoms with Crippen molar-refractivity contribution in [2.75, 3.05) is 0 Å². The number of carbonyl (C=O) groups excluding carboxylic acids is 1. The van der Waals surface area contributed by atoms with Gasteiger partial charge in [0.2, 0.25) is 0 Å². The van der Waals surface area contributed by atoms with Crippen LogP contribution in [0.3, 0.4) is 0 Å². The van der Waals surface area contributed by atoms with Crippen molar-refractivity contribution in [2.24, 2.45) is 0 Å². The summed E-state index contributed by atoms with van der Waals surface area (Å²) in [6.45, 7) is 0. The number of rotatable bonds is 2. The van der Waals surface area contributed by atoms with E-state index in [4.69, 9.17) is 4.52 Å². The van der Waals surface area contributed by atoms with Crippen LogP contribution >= 0.6 is 0 Å². The molecule has 0 bridgehead atoms. The minimum absolute atomic E-state index is 0.490. The topological polar surface area (TPSA) is 43.1 Å². The van der Waals surface area contributed by atoms with E-state index < -0.39 is 0 Å². The van der Waals surface area contributed by atoms with Gasteiger partial charge in [-0.3, -0.25) is 4.79 Å². The summed E-state index contributed by atoms with van der Waals surface area (Å²) in [5.74, 6) is 0.490. The van der Waals surface area contributed by atoms with Gasteiger partial charge in [-0.25, -0.2) is 0 Å². The molecule has 3 nitrogen and oxygen atoms in total. The van der Waals surface area contributed by atoms with Crippen molar-refractivity contribution >= 4 is 6.29 Å². The highest BCUT2D eigenvalue weighted by atomic mass is 16.5. The van der Waals surface area contributed by atoms with E-state index in [9.17, 15) is 4.79 Å². The maximum atomic E-state index is 10.7. The van der Waals surface area contributed by atoms with E-state index in [1.807, 2.05) is 0 Å². The van der Waals surface area contributed by atoms with Crippen LogP contribution in [0.5, 0.6) is 0 Å². The van der Waals surface area contributed by atoms with Crippen LogP contribution in [0.4, 0.5) is 0 Å². The van der Waals surface area contributed by atoms with Gasteiger partial charge in [-0.15, -0.1) is 0 Å². The fraction of sp³-hybridized carbons (Fsp3) is 0.636. The van der Waals surface area contributed by atoms with Crippen molar-refractivity contribution in [2.45, 2.75) is 44.4 Å². The average Bonchev–Trinajstić information content (AvgIpc) is 2.52. The molecule has 0 spiro atoms. The van der Waals surface area contributed by atoms with Crippen LogP contribution in [0.15, 0.2) is 10.8 Å². The molecule has 14 heavy (non-hydrogen) atoms. The second kappa shape index (κ2) is 4.40. The van der Waals surface area contributed by atoms with Gasteiger partial charge < -0.3 is 4.52 Å². The van der Waals surface area contributed by atoms with Crippen LogP contribution in [0.1, 0.15) is 60.5 Å². The Morgan fingerprint density at radius 1 is 1.29 bits per heavy atom. The summed E-state index contributed by atoms with van der Waals surface area (Å²) < 4.78 is 4.85. The summed E-state index contributed by atoms with van der Waals surface area (Å²) in [5.41, 5.74) is 1.51. The highest BCUT2D eigenvalue weighted by Crippen LogP contribution is 2.32. The number of hydrogen-bond donors (Lipinski definition) is 0. The number of aromatic nitrogens is 1. The minimum atomic E-state index is 0.490. The Balaban J connectivity index is 2.15. The van der Waals surface area contributed by atoms with E-state index >= 15 is 0 Å². The predicted octanol–water partition coefficient (Wildman–Crippen LogP) is 2.92. The van der Waals surface area contributed by atoms with E-state index in [-0.39, 0.29) is 0 Å². The number of aldehydes is 1. The molecular formula is C11H15NO2. The molecule has 1 aliphatic rings. The van der Waals surface area contributed by atoms with Gasteiger partial charge >= 0.3 is 0 Å². The molecule has 3 heteroatoms. The first kappa shape index (κ1) is 9.44. The summed E-state index contributed by atoms with van der Waals surface area (Å²) in [6, 6.07) is 0. The second-order valence-electron chi connectivity index (χ2n) is 3.96. The Morgan fingerprint density at radius 2 is 2.00 bits per heavy atom. The fourth-order valence-electron chi connectivity index (χ4n) is 2.24. The third-order valence-electron chi connectivity index (χ3n) is 3.03. The lowest BCUT2D eigenvalue weighted by atomic mass is 9.92. The zero-order valence-electron chi connectivity index (χ0n) is 8.24. The Bertz CT molecular complexity index is 298. The van der Waals surface area contributed by atoms with Crippen LogP contribution < -0.4 is 0 Å². The SMILES string of the molecule is O=Cc1nocc1C1CCCCCC1. The molecule has 1 saturated carbocycles. The summed E-state index contributed by atoms with van der Waals surface area (Å²) in [7, 11) is 0. The maximum absolute atomic E-state index is 10.7. The average molecular weight is 193 g/mol. The first-order chi connectivity index (χ1) is 6.92. The minimum Gasteiger partial charge on any atom is -0.364 e. The molecule has 0 atom stereocenters. The van der Waals surface area contributed by atoms with Crippen molar-refractivity contribution in [1.29, 1.82) is 0 Å². The molecule has 0 amide bonds. The first-order valence-corrected chi connectivity index (χ1v) is 5.31. The predicted molar refractivity (Wildman–Crippen MR) is 52.3 cm³/mol. The van der Waals surface area contributed by atoms with Crippen molar-refractivity contribution in [3.63, 3.8) is 0 Å². The molecule has 1 aromatic rings. The normalized spacial score (nSPS) is 19.1. The molecule has 0 N–H and O–H groups in total. The van der Waals surface area contributed by atoms with Gasteiger partial charge in [0.1, 0.15) is 12.0 Å². The Kier molecular flexibility index (Phi) is 2.96. The molecule has 1 heterocycles. The molecule has 1 aliphatic carbocycles. The molecule has 0 aromatic carbocycles. The van der Waals surface area contributed by atoms with Gasteiger partial charge in [-0.05, 0) is 18.8 Å². The summed E-state index contributed by atoms with van der Waals surface area (Å²) in [6.07, 6.45) is 9.92. The lowest BCUT2D eigenvalue weighted by molar-refractivity contribution is 0.111. The lowest BCUT2D eigenvalue weighted by Crippen LogP contribution is -1.99. The zero-order chi connectivity index (χ0) is 9.80. The van der Waals surface area contributed by atoms with Crippen LogP contribution in [0.2, 0.25) is 0 Å². The summed E-state index contributed by atoms with van der Waals surface area (Å²) in [5, 5.41) is 3.70. The largest absolute Gasteiger partial charge is 0.364 e. The molecule has 1 aromatic heterocycles. The third-order valence-corrected chi connectivity index (χ3v) is 3.03. The van der Waals surface area contributed by atoms with Crippen LogP contribution in [-0.2, 0) is 0 Å². The van der Waals surface area contributed by atoms with Gasteiger partial charge in [0.25, 0.3) is 0 Å². The maximum Gasteiger partial charge on any atom is 0.172 e. The highest BCUT2D eigenvalue weighted by Gasteiger charge is 2.19. The van der Waals surface area contributed by atoms with Crippen molar-refractivity contribution < 1.29 is 9.32 Å². The summed E-state index contributed by atoms with van der Waals surface area (Å²) in [4.78, 5) is 10.7. The molecule has 0 unspecified atom stereocenters. The molecule has 76 valence electrons. The monoisotopic (exact) mass is 193 g/mol. The molecule has 0 aliphatic heterocycles. The molecule has 0 radical (unpaired) electrons. The zero-order valence-corrected chi connectivity index (χ0v) is 8.24.